The Bertz CT molecular complexity index is 274. The maximum Gasteiger partial charge on any atom is 0.308 e. The van der Waals surface area contributed by atoms with Crippen LogP contribution in [0.2, 0.25) is 0 Å². The molecule has 1 aliphatic rings. The van der Waals surface area contributed by atoms with Gasteiger partial charge >= 0.3 is 5.97 Å². The molecule has 1 fully saturated rings. The van der Waals surface area contributed by atoms with Gasteiger partial charge in [0.2, 0.25) is 0 Å². The van der Waals surface area contributed by atoms with Crippen molar-refractivity contribution in [2.24, 2.45) is 17.0 Å². The summed E-state index contributed by atoms with van der Waals surface area (Å²) in [5.41, 5.74) is 8.36. The minimum Gasteiger partial charge on any atom is -0.466 e. The van der Waals surface area contributed by atoms with E-state index in [4.69, 9.17) is 10.3 Å². The molecule has 0 aromatic heterocycles. The molecular formula is C10H17N3O2. The van der Waals surface area contributed by atoms with E-state index in [1.807, 2.05) is 13.8 Å². The highest BCUT2D eigenvalue weighted by atomic mass is 16.5. The van der Waals surface area contributed by atoms with Gasteiger partial charge in [-0.25, -0.2) is 0 Å². The van der Waals surface area contributed by atoms with E-state index in [0.717, 1.165) is 19.3 Å². The van der Waals surface area contributed by atoms with E-state index in [-0.39, 0.29) is 23.8 Å². The molecule has 0 bridgehead atoms. The highest BCUT2D eigenvalue weighted by Crippen LogP contribution is 2.31. The second-order valence-electron chi connectivity index (χ2n) is 4.01. The predicted molar refractivity (Wildman–Crippen MR) is 56.1 cm³/mol. The lowest BCUT2D eigenvalue weighted by molar-refractivity contribution is -0.149. The Kier molecular flexibility index (Phi) is 4.43. The summed E-state index contributed by atoms with van der Waals surface area (Å²) in [4.78, 5) is 14.3. The van der Waals surface area contributed by atoms with Crippen LogP contribution < -0.4 is 0 Å². The number of rotatable bonds is 3. The van der Waals surface area contributed by atoms with Gasteiger partial charge in [-0.3, -0.25) is 4.79 Å². The van der Waals surface area contributed by atoms with Crippen LogP contribution in [0.15, 0.2) is 5.11 Å². The van der Waals surface area contributed by atoms with Crippen molar-refractivity contribution in [3.05, 3.63) is 10.4 Å². The number of hydrogen-bond donors (Lipinski definition) is 0. The highest BCUT2D eigenvalue weighted by Gasteiger charge is 2.31. The van der Waals surface area contributed by atoms with Crippen molar-refractivity contribution in [2.45, 2.75) is 39.2 Å². The molecule has 0 aromatic rings. The van der Waals surface area contributed by atoms with E-state index in [0.29, 0.717) is 6.61 Å². The third kappa shape index (κ3) is 3.13. The molecule has 0 spiro atoms. The van der Waals surface area contributed by atoms with Gasteiger partial charge in [-0.2, -0.15) is 0 Å². The van der Waals surface area contributed by atoms with Crippen molar-refractivity contribution in [3.8, 4) is 0 Å². The topological polar surface area (TPSA) is 75.1 Å². The quantitative estimate of drug-likeness (QED) is 0.311. The summed E-state index contributed by atoms with van der Waals surface area (Å²) in [7, 11) is 0. The van der Waals surface area contributed by atoms with Crippen molar-refractivity contribution >= 4 is 5.97 Å². The summed E-state index contributed by atoms with van der Waals surface area (Å²) in [6.07, 6.45) is 2.32. The summed E-state index contributed by atoms with van der Waals surface area (Å²) >= 11 is 0. The van der Waals surface area contributed by atoms with Crippen molar-refractivity contribution in [2.75, 3.05) is 6.61 Å². The molecule has 0 aromatic carbocycles. The lowest BCUT2D eigenvalue weighted by Gasteiger charge is -2.29. The molecule has 0 aliphatic heterocycles. The standard InChI is InChI=1S/C10H17N3O2/c1-3-15-10(14)8-4-5-9(12-13-11)7(2)6-8/h7-9H,3-6H2,1-2H3/t7-,8+,9-/m1/s1. The van der Waals surface area contributed by atoms with Crippen LogP contribution in [0.1, 0.15) is 33.1 Å². The van der Waals surface area contributed by atoms with Crippen LogP contribution in [0.3, 0.4) is 0 Å². The molecule has 3 atom stereocenters. The summed E-state index contributed by atoms with van der Waals surface area (Å²) < 4.78 is 4.98. The Labute approximate surface area is 89.4 Å². The molecule has 84 valence electrons. The smallest absolute Gasteiger partial charge is 0.308 e. The van der Waals surface area contributed by atoms with Gasteiger partial charge in [0.25, 0.3) is 0 Å². The third-order valence-corrected chi connectivity index (χ3v) is 2.94. The molecule has 0 unspecified atom stereocenters. The van der Waals surface area contributed by atoms with Crippen molar-refractivity contribution < 1.29 is 9.53 Å². The Morgan fingerprint density at radius 2 is 2.33 bits per heavy atom. The van der Waals surface area contributed by atoms with Gasteiger partial charge in [0.05, 0.1) is 12.5 Å². The van der Waals surface area contributed by atoms with Crippen LogP contribution in [-0.4, -0.2) is 18.6 Å². The Balaban J connectivity index is 2.50. The van der Waals surface area contributed by atoms with E-state index in [1.165, 1.54) is 0 Å². The first-order valence-corrected chi connectivity index (χ1v) is 5.39. The molecule has 5 heteroatoms. The van der Waals surface area contributed by atoms with Gasteiger partial charge < -0.3 is 4.74 Å². The first kappa shape index (κ1) is 11.9. The zero-order valence-electron chi connectivity index (χ0n) is 9.22. The molecule has 0 radical (unpaired) electrons. The van der Waals surface area contributed by atoms with Gasteiger partial charge in [0.15, 0.2) is 0 Å². The lowest BCUT2D eigenvalue weighted by Crippen LogP contribution is -2.30. The summed E-state index contributed by atoms with van der Waals surface area (Å²) in [5, 5.41) is 3.73. The zero-order chi connectivity index (χ0) is 11.3. The first-order chi connectivity index (χ1) is 7.19. The molecule has 15 heavy (non-hydrogen) atoms. The zero-order valence-corrected chi connectivity index (χ0v) is 9.22. The van der Waals surface area contributed by atoms with Crippen LogP contribution in [0.5, 0.6) is 0 Å². The Hall–Kier alpha value is -1.22. The maximum absolute atomic E-state index is 11.5. The molecule has 1 aliphatic carbocycles. The largest absolute Gasteiger partial charge is 0.466 e. The van der Waals surface area contributed by atoms with Crippen molar-refractivity contribution in [1.29, 1.82) is 0 Å². The molecule has 1 rings (SSSR count). The minimum atomic E-state index is -0.108. The molecule has 0 N–H and O–H groups in total. The van der Waals surface area contributed by atoms with Crippen molar-refractivity contribution in [1.82, 2.24) is 0 Å². The number of hydrogen-bond acceptors (Lipinski definition) is 3. The van der Waals surface area contributed by atoms with Crippen LogP contribution in [-0.2, 0) is 9.53 Å². The molecule has 0 saturated heterocycles. The predicted octanol–water partition coefficient (Wildman–Crippen LogP) is 2.66. The second kappa shape index (κ2) is 5.61. The second-order valence-corrected chi connectivity index (χ2v) is 4.01. The van der Waals surface area contributed by atoms with E-state index in [2.05, 4.69) is 10.0 Å². The Morgan fingerprint density at radius 1 is 1.60 bits per heavy atom. The fourth-order valence-corrected chi connectivity index (χ4v) is 2.09. The number of carbonyl (C=O) groups excluding carboxylic acids is 1. The van der Waals surface area contributed by atoms with Gasteiger partial charge in [0.1, 0.15) is 0 Å². The molecule has 0 heterocycles. The van der Waals surface area contributed by atoms with Gasteiger partial charge in [-0.15, -0.1) is 0 Å². The number of carbonyl (C=O) groups is 1. The fourth-order valence-electron chi connectivity index (χ4n) is 2.09. The molecular weight excluding hydrogens is 194 g/mol. The first-order valence-electron chi connectivity index (χ1n) is 5.39. The minimum absolute atomic E-state index is 0.00917. The fraction of sp³-hybridized carbons (Fsp3) is 0.900. The lowest BCUT2D eigenvalue weighted by atomic mass is 9.79. The van der Waals surface area contributed by atoms with E-state index >= 15 is 0 Å². The van der Waals surface area contributed by atoms with Gasteiger partial charge in [-0.05, 0) is 37.6 Å². The van der Waals surface area contributed by atoms with Crippen LogP contribution >= 0.6 is 0 Å². The molecule has 5 nitrogen and oxygen atoms in total. The third-order valence-electron chi connectivity index (χ3n) is 2.94. The van der Waals surface area contributed by atoms with Gasteiger partial charge in [0, 0.05) is 11.0 Å². The average molecular weight is 211 g/mol. The van der Waals surface area contributed by atoms with Crippen LogP contribution in [0.25, 0.3) is 10.4 Å². The van der Waals surface area contributed by atoms with Crippen LogP contribution in [0.4, 0.5) is 0 Å². The maximum atomic E-state index is 11.5. The number of azide groups is 1. The highest BCUT2D eigenvalue weighted by molar-refractivity contribution is 5.72. The SMILES string of the molecule is CCOC(=O)[C@H]1CC[C@@H](N=[N+]=[N-])[C@H](C)C1. The number of nitrogens with zero attached hydrogens (tertiary/aromatic N) is 3. The van der Waals surface area contributed by atoms with E-state index in [1.54, 1.807) is 0 Å². The normalized spacial score (nSPS) is 30.4. The summed E-state index contributed by atoms with van der Waals surface area (Å²) in [6.45, 7) is 4.27. The summed E-state index contributed by atoms with van der Waals surface area (Å²) in [6, 6.07) is 0.0423. The van der Waals surface area contributed by atoms with Gasteiger partial charge in [-0.1, -0.05) is 12.0 Å². The van der Waals surface area contributed by atoms with Crippen LogP contribution in [0, 0.1) is 11.8 Å². The van der Waals surface area contributed by atoms with Crippen molar-refractivity contribution in [3.63, 3.8) is 0 Å². The van der Waals surface area contributed by atoms with E-state index in [9.17, 15) is 4.79 Å². The monoisotopic (exact) mass is 211 g/mol. The Morgan fingerprint density at radius 3 is 2.87 bits per heavy atom. The van der Waals surface area contributed by atoms with E-state index < -0.39 is 0 Å². The molecule has 1 saturated carbocycles. The summed E-state index contributed by atoms with van der Waals surface area (Å²) in [5.74, 6) is 0.151. The number of esters is 1. The molecule has 0 amide bonds. The number of ether oxygens (including phenoxy) is 1. The average Bonchev–Trinajstić information content (AvgIpc) is 2.21.